The van der Waals surface area contributed by atoms with E-state index in [1.54, 1.807) is 13.2 Å². The van der Waals surface area contributed by atoms with E-state index in [1.165, 1.54) is 0 Å². The lowest BCUT2D eigenvalue weighted by Gasteiger charge is -2.03. The van der Waals surface area contributed by atoms with Gasteiger partial charge in [-0.3, -0.25) is 0 Å². The van der Waals surface area contributed by atoms with Crippen LogP contribution in [0.25, 0.3) is 0 Å². The number of nitrogens with zero attached hydrogens (tertiary/aromatic N) is 1. The maximum atomic E-state index is 8.76. The fraction of sp³-hybridized carbons (Fsp3) is 0.300. The molecule has 0 bridgehead atoms. The van der Waals surface area contributed by atoms with Crippen LogP contribution in [0, 0.1) is 11.3 Å². The summed E-state index contributed by atoms with van der Waals surface area (Å²) in [5.74, 6) is 0.740. The Hall–Kier alpha value is -1.49. The second-order valence-electron chi connectivity index (χ2n) is 2.49. The minimum Gasteiger partial charge on any atom is -0.497 e. The minimum atomic E-state index is 0.705. The molecule has 0 heterocycles. The van der Waals surface area contributed by atoms with Gasteiger partial charge in [-0.05, 0) is 24.1 Å². The van der Waals surface area contributed by atoms with Gasteiger partial charge < -0.3 is 4.74 Å². The Kier molecular flexibility index (Phi) is 2.71. The number of aryl methyl sites for hydroxylation is 1. The van der Waals surface area contributed by atoms with E-state index in [2.05, 4.69) is 6.07 Å². The van der Waals surface area contributed by atoms with Crippen molar-refractivity contribution >= 4 is 0 Å². The van der Waals surface area contributed by atoms with Gasteiger partial charge in [0, 0.05) is 0 Å². The number of hydrogen-bond donors (Lipinski definition) is 0. The van der Waals surface area contributed by atoms with Crippen LogP contribution >= 0.6 is 0 Å². The van der Waals surface area contributed by atoms with E-state index >= 15 is 0 Å². The Bertz CT molecular complexity index is 312. The zero-order chi connectivity index (χ0) is 8.97. The SMILES string of the molecule is CCc1ccc(OC)cc1C#N. The van der Waals surface area contributed by atoms with Crippen molar-refractivity contribution < 1.29 is 4.74 Å². The van der Waals surface area contributed by atoms with E-state index < -0.39 is 0 Å². The van der Waals surface area contributed by atoms with Crippen molar-refractivity contribution in [3.63, 3.8) is 0 Å². The molecule has 2 nitrogen and oxygen atoms in total. The summed E-state index contributed by atoms with van der Waals surface area (Å²) in [6.07, 6.45) is 0.882. The van der Waals surface area contributed by atoms with Gasteiger partial charge in [0.25, 0.3) is 0 Å². The van der Waals surface area contributed by atoms with Crippen molar-refractivity contribution in [2.75, 3.05) is 7.11 Å². The van der Waals surface area contributed by atoms with Crippen molar-refractivity contribution in [2.45, 2.75) is 13.3 Å². The average Bonchev–Trinajstić information content (AvgIpc) is 2.16. The first-order chi connectivity index (χ1) is 5.81. The van der Waals surface area contributed by atoms with Crippen molar-refractivity contribution in [2.24, 2.45) is 0 Å². The summed E-state index contributed by atoms with van der Waals surface area (Å²) < 4.78 is 5.01. The van der Waals surface area contributed by atoms with E-state index in [9.17, 15) is 0 Å². The fourth-order valence-corrected chi connectivity index (χ4v) is 1.09. The quantitative estimate of drug-likeness (QED) is 0.665. The van der Waals surface area contributed by atoms with Crippen LogP contribution in [-0.2, 0) is 6.42 Å². The number of nitriles is 1. The van der Waals surface area contributed by atoms with Crippen LogP contribution in [0.1, 0.15) is 18.1 Å². The maximum Gasteiger partial charge on any atom is 0.120 e. The second kappa shape index (κ2) is 3.77. The molecule has 0 unspecified atom stereocenters. The molecule has 0 aromatic heterocycles. The zero-order valence-corrected chi connectivity index (χ0v) is 7.29. The highest BCUT2D eigenvalue weighted by atomic mass is 16.5. The Balaban J connectivity index is 3.13. The van der Waals surface area contributed by atoms with Gasteiger partial charge in [-0.2, -0.15) is 5.26 Å². The van der Waals surface area contributed by atoms with Gasteiger partial charge in [-0.15, -0.1) is 0 Å². The van der Waals surface area contributed by atoms with E-state index in [0.717, 1.165) is 17.7 Å². The molecule has 12 heavy (non-hydrogen) atoms. The minimum absolute atomic E-state index is 0.705. The Labute approximate surface area is 72.4 Å². The van der Waals surface area contributed by atoms with Crippen molar-refractivity contribution in [1.82, 2.24) is 0 Å². The number of hydrogen-bond acceptors (Lipinski definition) is 2. The third-order valence-electron chi connectivity index (χ3n) is 1.82. The van der Waals surface area contributed by atoms with E-state index in [0.29, 0.717) is 5.56 Å². The Morgan fingerprint density at radius 3 is 2.75 bits per heavy atom. The molecule has 0 saturated heterocycles. The van der Waals surface area contributed by atoms with Crippen LogP contribution in [0.5, 0.6) is 5.75 Å². The standard InChI is InChI=1S/C10H11NO/c1-3-8-4-5-10(12-2)6-9(8)7-11/h4-6H,3H2,1-2H3. The molecular weight excluding hydrogens is 150 g/mol. The smallest absolute Gasteiger partial charge is 0.120 e. The third kappa shape index (κ3) is 1.57. The molecule has 0 aliphatic carbocycles. The molecule has 0 atom stereocenters. The van der Waals surface area contributed by atoms with Crippen LogP contribution in [-0.4, -0.2) is 7.11 Å². The summed E-state index contributed by atoms with van der Waals surface area (Å²) in [5, 5.41) is 8.76. The Morgan fingerprint density at radius 2 is 2.25 bits per heavy atom. The lowest BCUT2D eigenvalue weighted by atomic mass is 10.1. The fourth-order valence-electron chi connectivity index (χ4n) is 1.09. The molecule has 1 aromatic rings. The molecule has 0 N–H and O–H groups in total. The first-order valence-electron chi connectivity index (χ1n) is 3.88. The number of rotatable bonds is 2. The number of ether oxygens (including phenoxy) is 1. The molecule has 0 radical (unpaired) electrons. The number of methoxy groups -OCH3 is 1. The summed E-state index contributed by atoms with van der Waals surface area (Å²) >= 11 is 0. The van der Waals surface area contributed by atoms with Gasteiger partial charge in [0.15, 0.2) is 0 Å². The van der Waals surface area contributed by atoms with Gasteiger partial charge >= 0.3 is 0 Å². The lowest BCUT2D eigenvalue weighted by molar-refractivity contribution is 0.414. The average molecular weight is 161 g/mol. The van der Waals surface area contributed by atoms with E-state index in [1.807, 2.05) is 19.1 Å². The number of benzene rings is 1. The summed E-state index contributed by atoms with van der Waals surface area (Å²) in [7, 11) is 1.60. The first kappa shape index (κ1) is 8.61. The van der Waals surface area contributed by atoms with Gasteiger partial charge in [-0.1, -0.05) is 13.0 Å². The highest BCUT2D eigenvalue weighted by Gasteiger charge is 2.00. The maximum absolute atomic E-state index is 8.76. The van der Waals surface area contributed by atoms with Crippen LogP contribution in [0.3, 0.4) is 0 Å². The van der Waals surface area contributed by atoms with Crippen LogP contribution in [0.2, 0.25) is 0 Å². The molecule has 2 heteroatoms. The molecule has 1 rings (SSSR count). The van der Waals surface area contributed by atoms with Gasteiger partial charge in [-0.25, -0.2) is 0 Å². The molecule has 0 spiro atoms. The third-order valence-corrected chi connectivity index (χ3v) is 1.82. The van der Waals surface area contributed by atoms with Gasteiger partial charge in [0.1, 0.15) is 5.75 Å². The monoisotopic (exact) mass is 161 g/mol. The largest absolute Gasteiger partial charge is 0.497 e. The molecule has 62 valence electrons. The topological polar surface area (TPSA) is 33.0 Å². The van der Waals surface area contributed by atoms with Crippen LogP contribution in [0.15, 0.2) is 18.2 Å². The molecule has 0 saturated carbocycles. The van der Waals surface area contributed by atoms with E-state index in [-0.39, 0.29) is 0 Å². The molecule has 0 amide bonds. The molecule has 0 fully saturated rings. The lowest BCUT2D eigenvalue weighted by Crippen LogP contribution is -1.89. The summed E-state index contributed by atoms with van der Waals surface area (Å²) in [4.78, 5) is 0. The van der Waals surface area contributed by atoms with Crippen LogP contribution in [0.4, 0.5) is 0 Å². The van der Waals surface area contributed by atoms with Gasteiger partial charge in [0.2, 0.25) is 0 Å². The van der Waals surface area contributed by atoms with Gasteiger partial charge in [0.05, 0.1) is 18.7 Å². The van der Waals surface area contributed by atoms with Crippen molar-refractivity contribution in [1.29, 1.82) is 5.26 Å². The highest BCUT2D eigenvalue weighted by molar-refractivity contribution is 5.43. The summed E-state index contributed by atoms with van der Waals surface area (Å²) in [6.45, 7) is 2.03. The normalized spacial score (nSPS) is 9.08. The first-order valence-corrected chi connectivity index (χ1v) is 3.88. The predicted octanol–water partition coefficient (Wildman–Crippen LogP) is 2.13. The summed E-state index contributed by atoms with van der Waals surface area (Å²) in [5.41, 5.74) is 1.77. The highest BCUT2D eigenvalue weighted by Crippen LogP contribution is 2.16. The molecule has 1 aromatic carbocycles. The predicted molar refractivity (Wildman–Crippen MR) is 47.1 cm³/mol. The van der Waals surface area contributed by atoms with Crippen molar-refractivity contribution in [3.05, 3.63) is 29.3 Å². The Morgan fingerprint density at radius 1 is 1.50 bits per heavy atom. The van der Waals surface area contributed by atoms with Crippen LogP contribution < -0.4 is 4.74 Å². The zero-order valence-electron chi connectivity index (χ0n) is 7.29. The molecule has 0 aliphatic heterocycles. The van der Waals surface area contributed by atoms with Crippen molar-refractivity contribution in [3.8, 4) is 11.8 Å². The second-order valence-corrected chi connectivity index (χ2v) is 2.49. The molecule has 0 aliphatic rings. The molecular formula is C10H11NO. The van der Waals surface area contributed by atoms with E-state index in [4.69, 9.17) is 10.00 Å². The summed E-state index contributed by atoms with van der Waals surface area (Å²) in [6, 6.07) is 7.71.